The maximum atomic E-state index is 12.4. The molecular formula is C25H33N7O3. The van der Waals surface area contributed by atoms with E-state index in [4.69, 9.17) is 9.47 Å². The molecule has 2 aromatic heterocycles. The predicted octanol–water partition coefficient (Wildman–Crippen LogP) is 2.50. The Bertz CT molecular complexity index is 1140. The van der Waals surface area contributed by atoms with Gasteiger partial charge in [-0.2, -0.15) is 0 Å². The van der Waals surface area contributed by atoms with E-state index in [0.717, 1.165) is 55.2 Å². The van der Waals surface area contributed by atoms with Crippen molar-refractivity contribution in [1.82, 2.24) is 29.7 Å². The molecule has 1 aliphatic heterocycles. The number of methoxy groups -OCH3 is 1. The number of carbonyl (C=O) groups excluding carboxylic acids is 1. The monoisotopic (exact) mass is 479 g/mol. The van der Waals surface area contributed by atoms with Crippen molar-refractivity contribution in [3.05, 3.63) is 48.6 Å². The number of aryl methyl sites for hydroxylation is 1. The van der Waals surface area contributed by atoms with Gasteiger partial charge in [0.15, 0.2) is 11.5 Å². The lowest BCUT2D eigenvalue weighted by Crippen LogP contribution is -2.30. The lowest BCUT2D eigenvalue weighted by Gasteiger charge is -2.16. The van der Waals surface area contributed by atoms with Crippen LogP contribution in [0.1, 0.15) is 18.7 Å². The van der Waals surface area contributed by atoms with Crippen molar-refractivity contribution >= 4 is 22.9 Å². The summed E-state index contributed by atoms with van der Waals surface area (Å²) in [5, 5.41) is 3.47. The van der Waals surface area contributed by atoms with Gasteiger partial charge in [-0.05, 0) is 51.2 Å². The second-order valence-corrected chi connectivity index (χ2v) is 8.81. The molecule has 0 bridgehead atoms. The van der Waals surface area contributed by atoms with E-state index in [0.29, 0.717) is 24.6 Å². The number of hydrogen-bond acceptors (Lipinski definition) is 8. The molecule has 35 heavy (non-hydrogen) atoms. The SMILES string of the molecule is COc1ccc(OCCCc2nc3ncnc(NC4CCN(C(=O)/C=C/CN(C)C)C4)c3[nH]2)cc1. The van der Waals surface area contributed by atoms with Gasteiger partial charge in [0.2, 0.25) is 5.91 Å². The van der Waals surface area contributed by atoms with Crippen LogP contribution in [0.4, 0.5) is 5.82 Å². The van der Waals surface area contributed by atoms with E-state index in [2.05, 4.69) is 25.3 Å². The van der Waals surface area contributed by atoms with Gasteiger partial charge in [-0.3, -0.25) is 4.79 Å². The quantitative estimate of drug-likeness (QED) is 0.319. The average Bonchev–Trinajstić information content (AvgIpc) is 3.49. The van der Waals surface area contributed by atoms with E-state index >= 15 is 0 Å². The third-order valence-electron chi connectivity index (χ3n) is 5.80. The lowest BCUT2D eigenvalue weighted by atomic mass is 10.2. The third kappa shape index (κ3) is 6.69. The zero-order chi connectivity index (χ0) is 24.6. The smallest absolute Gasteiger partial charge is 0.246 e. The van der Waals surface area contributed by atoms with Gasteiger partial charge in [0, 0.05) is 38.2 Å². The first kappa shape index (κ1) is 24.5. The summed E-state index contributed by atoms with van der Waals surface area (Å²) in [4.78, 5) is 33.0. The summed E-state index contributed by atoms with van der Waals surface area (Å²) in [6, 6.07) is 7.67. The summed E-state index contributed by atoms with van der Waals surface area (Å²) < 4.78 is 11.0. The van der Waals surface area contributed by atoms with E-state index in [-0.39, 0.29) is 11.9 Å². The van der Waals surface area contributed by atoms with Crippen LogP contribution in [0.5, 0.6) is 11.5 Å². The Morgan fingerprint density at radius 2 is 2.06 bits per heavy atom. The van der Waals surface area contributed by atoms with Crippen LogP contribution in [-0.2, 0) is 11.2 Å². The minimum absolute atomic E-state index is 0.0460. The van der Waals surface area contributed by atoms with Crippen LogP contribution in [0.3, 0.4) is 0 Å². The van der Waals surface area contributed by atoms with Gasteiger partial charge in [-0.15, -0.1) is 0 Å². The third-order valence-corrected chi connectivity index (χ3v) is 5.80. The van der Waals surface area contributed by atoms with Crippen molar-refractivity contribution in [2.75, 3.05) is 52.8 Å². The fourth-order valence-corrected chi connectivity index (χ4v) is 3.95. The second-order valence-electron chi connectivity index (χ2n) is 8.81. The number of likely N-dealkylation sites (N-methyl/N-ethyl adjacent to an activating group) is 1. The van der Waals surface area contributed by atoms with Crippen LogP contribution < -0.4 is 14.8 Å². The van der Waals surface area contributed by atoms with Crippen molar-refractivity contribution < 1.29 is 14.3 Å². The zero-order valence-corrected chi connectivity index (χ0v) is 20.5. The first-order valence-electron chi connectivity index (χ1n) is 11.8. The maximum absolute atomic E-state index is 12.4. The largest absolute Gasteiger partial charge is 0.497 e. The number of anilines is 1. The molecule has 10 heteroatoms. The van der Waals surface area contributed by atoms with E-state index in [1.165, 1.54) is 6.33 Å². The molecule has 1 unspecified atom stereocenters. The van der Waals surface area contributed by atoms with Crippen molar-refractivity contribution in [3.8, 4) is 11.5 Å². The molecule has 1 aliphatic rings. The van der Waals surface area contributed by atoms with E-state index in [9.17, 15) is 4.79 Å². The molecule has 1 amide bonds. The fraction of sp³-hybridized carbons (Fsp3) is 0.440. The van der Waals surface area contributed by atoms with Crippen LogP contribution in [0.15, 0.2) is 42.7 Å². The fourth-order valence-electron chi connectivity index (χ4n) is 3.95. The number of nitrogens with one attached hydrogen (secondary N) is 2. The van der Waals surface area contributed by atoms with Gasteiger partial charge in [0.25, 0.3) is 0 Å². The number of carbonyl (C=O) groups is 1. The van der Waals surface area contributed by atoms with Gasteiger partial charge in [0.1, 0.15) is 29.2 Å². The van der Waals surface area contributed by atoms with Crippen LogP contribution in [0, 0.1) is 0 Å². The number of hydrogen-bond donors (Lipinski definition) is 2. The van der Waals surface area contributed by atoms with Gasteiger partial charge in [-0.25, -0.2) is 15.0 Å². The minimum Gasteiger partial charge on any atom is -0.497 e. The molecule has 186 valence electrons. The second kappa shape index (κ2) is 11.7. The standard InChI is InChI=1S/C25H33N7O3/c1-31(2)13-4-7-22(33)32-14-12-18(16-32)28-24-23-25(27-17-26-24)30-21(29-23)6-5-15-35-20-10-8-19(34-3)9-11-20/h4,7-11,17-18H,5-6,12-16H2,1-3H3,(H2,26,27,28,29,30)/b7-4+. The molecule has 0 spiro atoms. The molecule has 10 nitrogen and oxygen atoms in total. The molecule has 0 saturated carbocycles. The molecule has 4 rings (SSSR count). The average molecular weight is 480 g/mol. The number of aromatic nitrogens is 4. The molecule has 1 saturated heterocycles. The predicted molar refractivity (Wildman–Crippen MR) is 135 cm³/mol. The molecule has 2 N–H and O–H groups in total. The van der Waals surface area contributed by atoms with Gasteiger partial charge in [0.05, 0.1) is 13.7 Å². The molecule has 1 atom stereocenters. The highest BCUT2D eigenvalue weighted by molar-refractivity contribution is 5.88. The zero-order valence-electron chi connectivity index (χ0n) is 20.5. The number of H-pyrrole nitrogens is 1. The molecule has 1 fully saturated rings. The number of aromatic amines is 1. The van der Waals surface area contributed by atoms with Gasteiger partial charge in [-0.1, -0.05) is 6.08 Å². The van der Waals surface area contributed by atoms with Crippen molar-refractivity contribution in [3.63, 3.8) is 0 Å². The summed E-state index contributed by atoms with van der Waals surface area (Å²) >= 11 is 0. The molecule has 3 heterocycles. The molecular weight excluding hydrogens is 446 g/mol. The minimum atomic E-state index is 0.0460. The highest BCUT2D eigenvalue weighted by Gasteiger charge is 2.26. The van der Waals surface area contributed by atoms with Crippen LogP contribution in [0.25, 0.3) is 11.2 Å². The maximum Gasteiger partial charge on any atom is 0.246 e. The molecule has 1 aromatic carbocycles. The summed E-state index contributed by atoms with van der Waals surface area (Å²) in [6.45, 7) is 2.69. The molecule has 0 radical (unpaired) electrons. The number of amides is 1. The van der Waals surface area contributed by atoms with Crippen molar-refractivity contribution in [2.24, 2.45) is 0 Å². The Hall–Kier alpha value is -3.66. The number of ether oxygens (including phenoxy) is 2. The first-order valence-corrected chi connectivity index (χ1v) is 11.8. The number of imidazole rings is 1. The summed E-state index contributed by atoms with van der Waals surface area (Å²) in [5.74, 6) is 3.22. The van der Waals surface area contributed by atoms with E-state index in [1.807, 2.05) is 54.2 Å². The van der Waals surface area contributed by atoms with Gasteiger partial charge >= 0.3 is 0 Å². The molecule has 0 aliphatic carbocycles. The number of fused-ring (bicyclic) bond motifs is 1. The summed E-state index contributed by atoms with van der Waals surface area (Å²) in [7, 11) is 5.60. The Kier molecular flexibility index (Phi) is 8.15. The number of rotatable bonds is 11. The Balaban J connectivity index is 1.29. The topological polar surface area (TPSA) is 108 Å². The normalized spacial score (nSPS) is 15.9. The first-order chi connectivity index (χ1) is 17.0. The van der Waals surface area contributed by atoms with E-state index in [1.54, 1.807) is 13.2 Å². The van der Waals surface area contributed by atoms with Crippen LogP contribution in [0.2, 0.25) is 0 Å². The highest BCUT2D eigenvalue weighted by atomic mass is 16.5. The molecule has 3 aromatic rings. The van der Waals surface area contributed by atoms with Crippen molar-refractivity contribution in [2.45, 2.75) is 25.3 Å². The lowest BCUT2D eigenvalue weighted by molar-refractivity contribution is -0.125. The van der Waals surface area contributed by atoms with E-state index < -0.39 is 0 Å². The number of nitrogens with zero attached hydrogens (tertiary/aromatic N) is 5. The van der Waals surface area contributed by atoms with Crippen LogP contribution >= 0.6 is 0 Å². The Morgan fingerprint density at radius 3 is 2.83 bits per heavy atom. The highest BCUT2D eigenvalue weighted by Crippen LogP contribution is 2.21. The number of likely N-dealkylation sites (tertiary alicyclic amines) is 1. The van der Waals surface area contributed by atoms with Crippen molar-refractivity contribution in [1.29, 1.82) is 0 Å². The Morgan fingerprint density at radius 1 is 1.26 bits per heavy atom. The van der Waals surface area contributed by atoms with Gasteiger partial charge < -0.3 is 29.6 Å². The number of benzene rings is 1. The van der Waals surface area contributed by atoms with Crippen LogP contribution in [-0.4, -0.2) is 89.1 Å². The summed E-state index contributed by atoms with van der Waals surface area (Å²) in [5.41, 5.74) is 1.42. The Labute approximate surface area is 205 Å². The summed E-state index contributed by atoms with van der Waals surface area (Å²) in [6.07, 6.45) is 7.47.